The molecule has 7 heavy (non-hydrogen) atoms. The van der Waals surface area contributed by atoms with Crippen LogP contribution in [0.1, 0.15) is 0 Å². The number of rotatable bonds is 1. The molecule has 1 heterocycles. The zero-order valence-electron chi connectivity index (χ0n) is 3.78. The molecule has 0 unspecified atom stereocenters. The van der Waals surface area contributed by atoms with Crippen LogP contribution < -0.4 is 0 Å². The van der Waals surface area contributed by atoms with Crippen LogP contribution >= 0.6 is 12.6 Å². The van der Waals surface area contributed by atoms with Gasteiger partial charge in [0.2, 0.25) is 0 Å². The Labute approximate surface area is 47.6 Å². The quantitative estimate of drug-likeness (QED) is 0.534. The molecule has 0 aliphatic carbocycles. The lowest BCUT2D eigenvalue weighted by Crippen LogP contribution is -1.89. The summed E-state index contributed by atoms with van der Waals surface area (Å²) in [5, 5.41) is 3.88. The molecule has 0 aliphatic heterocycles. The average molecular weight is 114 g/mol. The molecule has 0 amide bonds. The second-order valence-electron chi connectivity index (χ2n) is 1.19. The summed E-state index contributed by atoms with van der Waals surface area (Å²) in [6, 6.07) is 1.87. The van der Waals surface area contributed by atoms with E-state index in [1.807, 2.05) is 12.3 Å². The summed E-state index contributed by atoms with van der Waals surface area (Å²) in [6.07, 6.45) is 3.60. The standard InChI is InChI=1S/C4H6N2S/c7-4-6-3-1-2-5-6/h1-3,7H,4H2. The van der Waals surface area contributed by atoms with E-state index in [1.54, 1.807) is 10.9 Å². The lowest BCUT2D eigenvalue weighted by atomic mass is 10.8. The molecule has 0 spiro atoms. The normalized spacial score (nSPS) is 9.29. The van der Waals surface area contributed by atoms with Crippen LogP contribution in [0.15, 0.2) is 18.5 Å². The highest BCUT2D eigenvalue weighted by Crippen LogP contribution is 1.84. The van der Waals surface area contributed by atoms with Crippen molar-refractivity contribution in [3.05, 3.63) is 18.5 Å². The van der Waals surface area contributed by atoms with Crippen molar-refractivity contribution in [2.45, 2.75) is 5.88 Å². The monoisotopic (exact) mass is 114 g/mol. The minimum Gasteiger partial charge on any atom is -0.263 e. The topological polar surface area (TPSA) is 17.8 Å². The van der Waals surface area contributed by atoms with Crippen LogP contribution in [0.3, 0.4) is 0 Å². The first-order chi connectivity index (χ1) is 3.43. The van der Waals surface area contributed by atoms with Crippen molar-refractivity contribution in [2.24, 2.45) is 0 Å². The largest absolute Gasteiger partial charge is 0.263 e. The van der Waals surface area contributed by atoms with E-state index in [0.29, 0.717) is 5.88 Å². The predicted molar refractivity (Wildman–Crippen MR) is 31.2 cm³/mol. The van der Waals surface area contributed by atoms with Crippen molar-refractivity contribution in [3.63, 3.8) is 0 Å². The molecule has 0 bridgehead atoms. The van der Waals surface area contributed by atoms with E-state index in [-0.39, 0.29) is 0 Å². The molecule has 0 atom stereocenters. The Morgan fingerprint density at radius 1 is 1.71 bits per heavy atom. The lowest BCUT2D eigenvalue weighted by molar-refractivity contribution is 0.754. The fourth-order valence-electron chi connectivity index (χ4n) is 0.384. The van der Waals surface area contributed by atoms with Crippen molar-refractivity contribution in [1.29, 1.82) is 0 Å². The van der Waals surface area contributed by atoms with Gasteiger partial charge in [-0.3, -0.25) is 4.68 Å². The number of hydrogen-bond donors (Lipinski definition) is 1. The Morgan fingerprint density at radius 3 is 2.86 bits per heavy atom. The predicted octanol–water partition coefficient (Wildman–Crippen LogP) is 0.770. The molecule has 3 heteroatoms. The lowest BCUT2D eigenvalue weighted by Gasteiger charge is -1.86. The molecule has 38 valence electrons. The van der Waals surface area contributed by atoms with Gasteiger partial charge in [-0.15, -0.1) is 0 Å². The molecule has 0 saturated carbocycles. The zero-order chi connectivity index (χ0) is 5.11. The minimum absolute atomic E-state index is 0.660. The van der Waals surface area contributed by atoms with Gasteiger partial charge < -0.3 is 0 Å². The molecule has 0 aliphatic rings. The van der Waals surface area contributed by atoms with E-state index in [9.17, 15) is 0 Å². The molecule has 0 radical (unpaired) electrons. The third-order valence-electron chi connectivity index (χ3n) is 0.704. The minimum atomic E-state index is 0.660. The summed E-state index contributed by atoms with van der Waals surface area (Å²) >= 11 is 3.98. The molecule has 0 fully saturated rings. The molecule has 0 N–H and O–H groups in total. The highest BCUT2D eigenvalue weighted by Gasteiger charge is 1.77. The summed E-state index contributed by atoms with van der Waals surface area (Å²) < 4.78 is 1.74. The maximum atomic E-state index is 3.98. The van der Waals surface area contributed by atoms with E-state index >= 15 is 0 Å². The van der Waals surface area contributed by atoms with Crippen LogP contribution in [-0.4, -0.2) is 9.78 Å². The second-order valence-corrected chi connectivity index (χ2v) is 1.47. The third kappa shape index (κ3) is 0.962. The molecule has 1 rings (SSSR count). The second kappa shape index (κ2) is 2.02. The van der Waals surface area contributed by atoms with Crippen LogP contribution in [-0.2, 0) is 5.88 Å². The first-order valence-electron chi connectivity index (χ1n) is 2.02. The van der Waals surface area contributed by atoms with Gasteiger partial charge in [0.15, 0.2) is 0 Å². The number of hydrogen-bond acceptors (Lipinski definition) is 2. The van der Waals surface area contributed by atoms with Gasteiger partial charge in [0.1, 0.15) is 0 Å². The van der Waals surface area contributed by atoms with E-state index in [0.717, 1.165) is 0 Å². The van der Waals surface area contributed by atoms with Gasteiger partial charge >= 0.3 is 0 Å². The van der Waals surface area contributed by atoms with Gasteiger partial charge in [0.05, 0.1) is 5.88 Å². The molecule has 2 nitrogen and oxygen atoms in total. The van der Waals surface area contributed by atoms with E-state index in [4.69, 9.17) is 0 Å². The van der Waals surface area contributed by atoms with Crippen LogP contribution in [0.5, 0.6) is 0 Å². The van der Waals surface area contributed by atoms with Crippen molar-refractivity contribution in [1.82, 2.24) is 9.78 Å². The summed E-state index contributed by atoms with van der Waals surface area (Å²) in [5.41, 5.74) is 0. The first-order valence-corrected chi connectivity index (χ1v) is 2.65. The van der Waals surface area contributed by atoms with Gasteiger partial charge in [-0.1, -0.05) is 0 Å². The number of aromatic nitrogens is 2. The number of thiol groups is 1. The van der Waals surface area contributed by atoms with Crippen LogP contribution in [0.25, 0.3) is 0 Å². The average Bonchev–Trinajstić information content (AvgIpc) is 2.14. The van der Waals surface area contributed by atoms with Crippen molar-refractivity contribution < 1.29 is 0 Å². The molecular weight excluding hydrogens is 108 g/mol. The molecule has 1 aromatic rings. The Morgan fingerprint density at radius 2 is 2.57 bits per heavy atom. The van der Waals surface area contributed by atoms with E-state index in [2.05, 4.69) is 17.7 Å². The van der Waals surface area contributed by atoms with Gasteiger partial charge in [0.25, 0.3) is 0 Å². The van der Waals surface area contributed by atoms with Crippen LogP contribution in [0, 0.1) is 0 Å². The number of nitrogens with zero attached hydrogens (tertiary/aromatic N) is 2. The Balaban J connectivity index is 2.76. The molecular formula is C4H6N2S. The molecule has 0 aromatic carbocycles. The zero-order valence-corrected chi connectivity index (χ0v) is 4.68. The fourth-order valence-corrected chi connectivity index (χ4v) is 0.551. The smallest absolute Gasteiger partial charge is 0.0834 e. The summed E-state index contributed by atoms with van der Waals surface area (Å²) in [6.45, 7) is 0. The van der Waals surface area contributed by atoms with Crippen molar-refractivity contribution in [2.75, 3.05) is 0 Å². The third-order valence-corrected chi connectivity index (χ3v) is 0.994. The summed E-state index contributed by atoms with van der Waals surface area (Å²) in [7, 11) is 0. The maximum absolute atomic E-state index is 3.98. The van der Waals surface area contributed by atoms with Gasteiger partial charge in [0, 0.05) is 12.4 Å². The van der Waals surface area contributed by atoms with Gasteiger partial charge in [-0.05, 0) is 6.07 Å². The highest BCUT2D eigenvalue weighted by molar-refractivity contribution is 7.79. The highest BCUT2D eigenvalue weighted by atomic mass is 32.1. The SMILES string of the molecule is SCn1cccn1. The molecule has 1 aromatic heterocycles. The van der Waals surface area contributed by atoms with Gasteiger partial charge in [-0.2, -0.15) is 17.7 Å². The van der Waals surface area contributed by atoms with Crippen molar-refractivity contribution in [3.8, 4) is 0 Å². The summed E-state index contributed by atoms with van der Waals surface area (Å²) in [5.74, 6) is 0.660. The summed E-state index contributed by atoms with van der Waals surface area (Å²) in [4.78, 5) is 0. The fraction of sp³-hybridized carbons (Fsp3) is 0.250. The van der Waals surface area contributed by atoms with E-state index < -0.39 is 0 Å². The van der Waals surface area contributed by atoms with Crippen molar-refractivity contribution >= 4 is 12.6 Å². The van der Waals surface area contributed by atoms with Crippen LogP contribution in [0.2, 0.25) is 0 Å². The maximum Gasteiger partial charge on any atom is 0.0834 e. The Bertz CT molecular complexity index is 124. The molecule has 0 saturated heterocycles. The Hall–Kier alpha value is -0.440. The van der Waals surface area contributed by atoms with E-state index in [1.165, 1.54) is 0 Å². The van der Waals surface area contributed by atoms with Gasteiger partial charge in [-0.25, -0.2) is 0 Å². The van der Waals surface area contributed by atoms with Crippen LogP contribution in [0.4, 0.5) is 0 Å². The first kappa shape index (κ1) is 4.71. The Kier molecular flexibility index (Phi) is 1.36.